The van der Waals surface area contributed by atoms with E-state index in [0.717, 1.165) is 6.42 Å². The average Bonchev–Trinajstić information content (AvgIpc) is 3.55. The normalized spacial score (nSPS) is 20.2. The molecule has 0 saturated carbocycles. The van der Waals surface area contributed by atoms with E-state index in [0.29, 0.717) is 19.8 Å². The van der Waals surface area contributed by atoms with Crippen LogP contribution >= 0.6 is 11.3 Å². The second-order valence-corrected chi connectivity index (χ2v) is 11.0. The Bertz CT molecular complexity index is 1450. The van der Waals surface area contributed by atoms with Crippen LogP contribution in [0.5, 0.6) is 0 Å². The van der Waals surface area contributed by atoms with Gasteiger partial charge in [-0.3, -0.25) is 4.90 Å². The number of fused-ring (bicyclic) bond motifs is 5. The smallest absolute Gasteiger partial charge is 0.410 e. The Morgan fingerprint density at radius 2 is 1.51 bits per heavy atom. The van der Waals surface area contributed by atoms with Crippen LogP contribution in [-0.4, -0.2) is 42.9 Å². The average molecular weight is 506 g/mol. The lowest BCUT2D eigenvalue weighted by Crippen LogP contribution is -2.56. The molecule has 2 aliphatic heterocycles. The Kier molecular flexibility index (Phi) is 5.68. The van der Waals surface area contributed by atoms with Crippen LogP contribution in [0.25, 0.3) is 27.1 Å². The molecule has 0 spiro atoms. The lowest BCUT2D eigenvalue weighted by molar-refractivity contribution is -0.0331. The summed E-state index contributed by atoms with van der Waals surface area (Å²) in [6, 6.07) is 31.6. The molecule has 0 radical (unpaired) electrons. The first-order chi connectivity index (χ1) is 18.3. The van der Waals surface area contributed by atoms with Crippen LogP contribution in [0.2, 0.25) is 0 Å². The van der Waals surface area contributed by atoms with E-state index in [2.05, 4.69) is 91.0 Å². The first-order valence-electron chi connectivity index (χ1n) is 12.8. The summed E-state index contributed by atoms with van der Waals surface area (Å²) in [5.41, 5.74) is 7.47. The molecule has 7 rings (SSSR count). The second kappa shape index (κ2) is 9.33. The highest BCUT2D eigenvalue weighted by atomic mass is 32.1. The van der Waals surface area contributed by atoms with Gasteiger partial charge in [0.1, 0.15) is 6.61 Å². The SMILES string of the molecule is O=C(OCC1c2ccccc2-c2ccccc21)N1C2C=C(c3ccc(-c4ccccc4)s3)CC1COC2. The molecule has 4 nitrogen and oxygen atoms in total. The molecule has 3 aliphatic rings. The van der Waals surface area contributed by atoms with Gasteiger partial charge in [0.25, 0.3) is 0 Å². The van der Waals surface area contributed by atoms with Gasteiger partial charge in [0.05, 0.1) is 25.3 Å². The summed E-state index contributed by atoms with van der Waals surface area (Å²) in [4.78, 5) is 17.9. The van der Waals surface area contributed by atoms with Crippen molar-refractivity contribution >= 4 is 23.0 Å². The first kappa shape index (κ1) is 22.5. The number of morpholine rings is 1. The summed E-state index contributed by atoms with van der Waals surface area (Å²) < 4.78 is 11.9. The van der Waals surface area contributed by atoms with Crippen molar-refractivity contribution in [1.29, 1.82) is 0 Å². The zero-order valence-electron chi connectivity index (χ0n) is 20.4. The summed E-state index contributed by atoms with van der Waals surface area (Å²) in [5, 5.41) is 0. The highest BCUT2D eigenvalue weighted by molar-refractivity contribution is 7.16. The van der Waals surface area contributed by atoms with Crippen LogP contribution in [-0.2, 0) is 9.47 Å². The molecule has 2 unspecified atom stereocenters. The molecule has 3 aromatic carbocycles. The van der Waals surface area contributed by atoms with Gasteiger partial charge < -0.3 is 9.47 Å². The van der Waals surface area contributed by atoms with Gasteiger partial charge in [-0.25, -0.2) is 4.79 Å². The van der Waals surface area contributed by atoms with E-state index in [4.69, 9.17) is 9.47 Å². The molecule has 1 aromatic heterocycles. The Morgan fingerprint density at radius 3 is 2.24 bits per heavy atom. The quantitative estimate of drug-likeness (QED) is 0.294. The molecule has 4 aromatic rings. The predicted molar refractivity (Wildman–Crippen MR) is 148 cm³/mol. The maximum absolute atomic E-state index is 13.4. The standard InChI is InChI=1S/C32H27NO3S/c34-32(36-20-29-27-12-6-4-10-25(27)26-11-5-7-13-28(26)29)33-23-16-22(17-24(33)19-35-18-23)31-15-14-30(37-31)21-8-2-1-3-9-21/h1-16,23-24,29H,17-20H2. The number of hydrogen-bond acceptors (Lipinski definition) is 4. The van der Waals surface area contributed by atoms with Gasteiger partial charge in [0, 0.05) is 15.7 Å². The van der Waals surface area contributed by atoms with Crippen molar-refractivity contribution in [2.24, 2.45) is 0 Å². The summed E-state index contributed by atoms with van der Waals surface area (Å²) in [6.07, 6.45) is 2.74. The second-order valence-electron chi connectivity index (χ2n) is 9.90. The van der Waals surface area contributed by atoms with Crippen molar-refractivity contribution < 1.29 is 14.3 Å². The van der Waals surface area contributed by atoms with E-state index in [1.165, 1.54) is 43.1 Å². The van der Waals surface area contributed by atoms with Gasteiger partial charge in [0.2, 0.25) is 0 Å². The van der Waals surface area contributed by atoms with Crippen LogP contribution in [0.15, 0.2) is 97.1 Å². The lowest BCUT2D eigenvalue weighted by Gasteiger charge is -2.43. The number of thiophene rings is 1. The third-order valence-corrected chi connectivity index (χ3v) is 8.94. The molecule has 2 bridgehead atoms. The molecule has 5 heteroatoms. The number of rotatable bonds is 4. The Morgan fingerprint density at radius 1 is 0.838 bits per heavy atom. The van der Waals surface area contributed by atoms with Crippen molar-refractivity contribution in [2.75, 3.05) is 19.8 Å². The molecule has 184 valence electrons. The van der Waals surface area contributed by atoms with Crippen LogP contribution < -0.4 is 0 Å². The third kappa shape index (κ3) is 3.99. The van der Waals surface area contributed by atoms with Gasteiger partial charge in [0.15, 0.2) is 0 Å². The van der Waals surface area contributed by atoms with E-state index in [1.54, 1.807) is 0 Å². The largest absolute Gasteiger partial charge is 0.448 e. The van der Waals surface area contributed by atoms with Gasteiger partial charge in [-0.05, 0) is 51.9 Å². The highest BCUT2D eigenvalue weighted by Crippen LogP contribution is 2.45. The van der Waals surface area contributed by atoms with Crippen LogP contribution in [0, 0.1) is 0 Å². The summed E-state index contributed by atoms with van der Waals surface area (Å²) in [5.74, 6) is 0.0610. The monoisotopic (exact) mass is 505 g/mol. The van der Waals surface area contributed by atoms with Crippen molar-refractivity contribution in [3.05, 3.63) is 113 Å². The zero-order chi connectivity index (χ0) is 24.8. The van der Waals surface area contributed by atoms with Crippen LogP contribution in [0.3, 0.4) is 0 Å². The summed E-state index contributed by atoms with van der Waals surface area (Å²) >= 11 is 1.81. The molecule has 1 amide bonds. The van der Waals surface area contributed by atoms with Gasteiger partial charge in [-0.1, -0.05) is 84.9 Å². The first-order valence-corrected chi connectivity index (χ1v) is 13.7. The minimum Gasteiger partial charge on any atom is -0.448 e. The molecular weight excluding hydrogens is 478 g/mol. The number of nitrogens with zero attached hydrogens (tertiary/aromatic N) is 1. The van der Waals surface area contributed by atoms with Crippen LogP contribution in [0.4, 0.5) is 4.79 Å². The summed E-state index contributed by atoms with van der Waals surface area (Å²) in [7, 11) is 0. The fraction of sp³-hybridized carbons (Fsp3) is 0.219. The number of benzene rings is 3. The maximum atomic E-state index is 13.4. The predicted octanol–water partition coefficient (Wildman–Crippen LogP) is 7.22. The Labute approximate surface area is 220 Å². The van der Waals surface area contributed by atoms with E-state index in [-0.39, 0.29) is 24.1 Å². The summed E-state index contributed by atoms with van der Waals surface area (Å²) in [6.45, 7) is 1.38. The fourth-order valence-corrected chi connectivity index (χ4v) is 7.05. The van der Waals surface area contributed by atoms with E-state index < -0.39 is 0 Å². The number of ether oxygens (including phenoxy) is 2. The van der Waals surface area contributed by atoms with Crippen molar-refractivity contribution in [3.63, 3.8) is 0 Å². The van der Waals surface area contributed by atoms with E-state index >= 15 is 0 Å². The lowest BCUT2D eigenvalue weighted by atomic mass is 9.93. The maximum Gasteiger partial charge on any atom is 0.410 e. The van der Waals surface area contributed by atoms with Crippen molar-refractivity contribution in [1.82, 2.24) is 4.90 Å². The van der Waals surface area contributed by atoms with Gasteiger partial charge in [-0.15, -0.1) is 11.3 Å². The Balaban J connectivity index is 1.10. The zero-order valence-corrected chi connectivity index (χ0v) is 21.2. The molecule has 1 saturated heterocycles. The molecule has 2 atom stereocenters. The van der Waals surface area contributed by atoms with Crippen molar-refractivity contribution in [2.45, 2.75) is 24.4 Å². The number of carbonyl (C=O) groups is 1. The van der Waals surface area contributed by atoms with Crippen molar-refractivity contribution in [3.8, 4) is 21.6 Å². The fourth-order valence-electron chi connectivity index (χ4n) is 6.00. The number of carbonyl (C=O) groups excluding carboxylic acids is 1. The number of hydrogen-bond donors (Lipinski definition) is 0. The van der Waals surface area contributed by atoms with E-state index in [9.17, 15) is 4.79 Å². The topological polar surface area (TPSA) is 38.8 Å². The molecular formula is C32H27NO3S. The minimum absolute atomic E-state index is 0.0170. The van der Waals surface area contributed by atoms with E-state index in [1.807, 2.05) is 22.3 Å². The number of amides is 1. The third-order valence-electron chi connectivity index (χ3n) is 7.73. The van der Waals surface area contributed by atoms with Crippen LogP contribution in [0.1, 0.15) is 28.3 Å². The molecule has 3 heterocycles. The molecule has 0 N–H and O–H groups in total. The molecule has 1 fully saturated rings. The minimum atomic E-state index is -0.244. The molecule has 37 heavy (non-hydrogen) atoms. The van der Waals surface area contributed by atoms with Gasteiger partial charge in [-0.2, -0.15) is 0 Å². The van der Waals surface area contributed by atoms with Gasteiger partial charge >= 0.3 is 6.09 Å². The Hall–Kier alpha value is -3.67. The highest BCUT2D eigenvalue weighted by Gasteiger charge is 2.40. The molecule has 1 aliphatic carbocycles.